The second-order valence-corrected chi connectivity index (χ2v) is 5.70. The van der Waals surface area contributed by atoms with Crippen molar-refractivity contribution in [2.24, 2.45) is 0 Å². The molecule has 0 spiro atoms. The van der Waals surface area contributed by atoms with E-state index in [9.17, 15) is 0 Å². The van der Waals surface area contributed by atoms with E-state index in [4.69, 9.17) is 4.74 Å². The summed E-state index contributed by atoms with van der Waals surface area (Å²) in [6.07, 6.45) is 8.31. The van der Waals surface area contributed by atoms with E-state index >= 15 is 0 Å². The van der Waals surface area contributed by atoms with E-state index in [1.165, 1.54) is 11.1 Å². The van der Waals surface area contributed by atoms with Crippen LogP contribution in [0.2, 0.25) is 0 Å². The quantitative estimate of drug-likeness (QED) is 0.806. The SMILES string of the molecule is c1cn2ccc(-c3ccc(OC4CCNCC4)cc3)cc2n1. The van der Waals surface area contributed by atoms with Gasteiger partial charge < -0.3 is 14.5 Å². The topological polar surface area (TPSA) is 38.6 Å². The molecule has 0 atom stereocenters. The van der Waals surface area contributed by atoms with Gasteiger partial charge in [-0.05, 0) is 61.3 Å². The van der Waals surface area contributed by atoms with Crippen molar-refractivity contribution in [2.45, 2.75) is 18.9 Å². The molecule has 1 N–H and O–H groups in total. The second-order valence-electron chi connectivity index (χ2n) is 5.70. The Kier molecular flexibility index (Phi) is 3.52. The predicted octanol–water partition coefficient (Wildman–Crippen LogP) is 3.13. The summed E-state index contributed by atoms with van der Waals surface area (Å²) in [5.74, 6) is 0.956. The molecule has 1 fully saturated rings. The van der Waals surface area contributed by atoms with E-state index < -0.39 is 0 Å². The number of piperidine rings is 1. The number of aromatic nitrogens is 2. The van der Waals surface area contributed by atoms with Crippen LogP contribution >= 0.6 is 0 Å². The molecule has 0 aliphatic carbocycles. The zero-order valence-electron chi connectivity index (χ0n) is 12.4. The third kappa shape index (κ3) is 2.70. The van der Waals surface area contributed by atoms with Gasteiger partial charge in [-0.3, -0.25) is 0 Å². The molecule has 112 valence electrons. The molecule has 0 amide bonds. The molecule has 0 bridgehead atoms. The third-order valence-electron chi connectivity index (χ3n) is 4.17. The minimum absolute atomic E-state index is 0.341. The van der Waals surface area contributed by atoms with Crippen molar-refractivity contribution in [1.29, 1.82) is 0 Å². The summed E-state index contributed by atoms with van der Waals surface area (Å²) in [6.45, 7) is 2.10. The van der Waals surface area contributed by atoms with Crippen molar-refractivity contribution in [2.75, 3.05) is 13.1 Å². The first-order valence-corrected chi connectivity index (χ1v) is 7.79. The molecule has 3 aromatic rings. The molecular formula is C18H19N3O. The Morgan fingerprint density at radius 3 is 2.64 bits per heavy atom. The molecule has 22 heavy (non-hydrogen) atoms. The van der Waals surface area contributed by atoms with Crippen molar-refractivity contribution in [3.05, 3.63) is 55.0 Å². The van der Waals surface area contributed by atoms with Crippen LogP contribution in [0.15, 0.2) is 55.0 Å². The molecule has 4 heteroatoms. The Labute approximate surface area is 129 Å². The van der Waals surface area contributed by atoms with Crippen molar-refractivity contribution in [1.82, 2.24) is 14.7 Å². The third-order valence-corrected chi connectivity index (χ3v) is 4.17. The fourth-order valence-corrected chi connectivity index (χ4v) is 2.92. The van der Waals surface area contributed by atoms with Gasteiger partial charge >= 0.3 is 0 Å². The first-order chi connectivity index (χ1) is 10.9. The van der Waals surface area contributed by atoms with Gasteiger partial charge in [-0.25, -0.2) is 4.98 Å². The molecule has 2 aromatic heterocycles. The number of hydrogen-bond acceptors (Lipinski definition) is 3. The first kappa shape index (κ1) is 13.3. The second kappa shape index (κ2) is 5.81. The summed E-state index contributed by atoms with van der Waals surface area (Å²) in [5, 5.41) is 3.36. The molecule has 4 rings (SSSR count). The summed E-state index contributed by atoms with van der Waals surface area (Å²) < 4.78 is 8.06. The van der Waals surface area contributed by atoms with Gasteiger partial charge in [0.15, 0.2) is 0 Å². The lowest BCUT2D eigenvalue weighted by Gasteiger charge is -2.23. The highest BCUT2D eigenvalue weighted by Crippen LogP contribution is 2.24. The molecule has 1 saturated heterocycles. The van der Waals surface area contributed by atoms with Crippen LogP contribution in [0, 0.1) is 0 Å². The minimum atomic E-state index is 0.341. The average Bonchev–Trinajstić information content (AvgIpc) is 3.04. The Morgan fingerprint density at radius 1 is 1.00 bits per heavy atom. The zero-order valence-corrected chi connectivity index (χ0v) is 12.4. The lowest BCUT2D eigenvalue weighted by molar-refractivity contribution is 0.162. The number of ether oxygens (including phenoxy) is 1. The predicted molar refractivity (Wildman–Crippen MR) is 87.1 cm³/mol. The van der Waals surface area contributed by atoms with E-state index in [0.717, 1.165) is 37.3 Å². The Morgan fingerprint density at radius 2 is 1.82 bits per heavy atom. The van der Waals surface area contributed by atoms with Crippen LogP contribution in [0.25, 0.3) is 16.8 Å². The van der Waals surface area contributed by atoms with E-state index in [0.29, 0.717) is 6.10 Å². The molecule has 1 aliphatic heterocycles. The first-order valence-electron chi connectivity index (χ1n) is 7.79. The smallest absolute Gasteiger partial charge is 0.137 e. The number of rotatable bonds is 3. The fraction of sp³-hybridized carbons (Fsp3) is 0.278. The monoisotopic (exact) mass is 293 g/mol. The van der Waals surface area contributed by atoms with Crippen LogP contribution in [0.5, 0.6) is 5.75 Å². The lowest BCUT2D eigenvalue weighted by atomic mass is 10.1. The van der Waals surface area contributed by atoms with E-state index in [1.807, 2.05) is 23.0 Å². The van der Waals surface area contributed by atoms with Gasteiger partial charge in [-0.2, -0.15) is 0 Å². The van der Waals surface area contributed by atoms with Gasteiger partial charge in [-0.15, -0.1) is 0 Å². The van der Waals surface area contributed by atoms with Gasteiger partial charge in [0.1, 0.15) is 17.5 Å². The van der Waals surface area contributed by atoms with Gasteiger partial charge in [-0.1, -0.05) is 12.1 Å². The maximum Gasteiger partial charge on any atom is 0.137 e. The lowest BCUT2D eigenvalue weighted by Crippen LogP contribution is -2.34. The minimum Gasteiger partial charge on any atom is -0.490 e. The summed E-state index contributed by atoms with van der Waals surface area (Å²) in [6, 6.07) is 12.6. The zero-order chi connectivity index (χ0) is 14.8. The van der Waals surface area contributed by atoms with Crippen LogP contribution in [0.1, 0.15) is 12.8 Å². The van der Waals surface area contributed by atoms with Crippen LogP contribution in [-0.2, 0) is 0 Å². The average molecular weight is 293 g/mol. The van der Waals surface area contributed by atoms with Gasteiger partial charge in [0.05, 0.1) is 0 Å². The van der Waals surface area contributed by atoms with E-state index in [1.54, 1.807) is 0 Å². The number of fused-ring (bicyclic) bond motifs is 1. The molecule has 3 heterocycles. The van der Waals surface area contributed by atoms with Crippen LogP contribution in [0.3, 0.4) is 0 Å². The normalized spacial score (nSPS) is 16.0. The van der Waals surface area contributed by atoms with Gasteiger partial charge in [0.2, 0.25) is 0 Å². The maximum atomic E-state index is 6.05. The standard InChI is InChI=1S/C18H19N3O/c1-3-16(22-17-5-8-19-9-6-17)4-2-14(1)15-7-11-21-12-10-20-18(21)13-15/h1-4,7,10-13,17,19H,5-6,8-9H2. The number of benzene rings is 1. The van der Waals surface area contributed by atoms with Crippen molar-refractivity contribution < 1.29 is 4.74 Å². The highest BCUT2D eigenvalue weighted by atomic mass is 16.5. The number of hydrogen-bond donors (Lipinski definition) is 1. The van der Waals surface area contributed by atoms with E-state index in [2.05, 4.69) is 46.7 Å². The van der Waals surface area contributed by atoms with Gasteiger partial charge in [0, 0.05) is 18.6 Å². The molecule has 1 aromatic carbocycles. The summed E-state index contributed by atoms with van der Waals surface area (Å²) in [7, 11) is 0. The summed E-state index contributed by atoms with van der Waals surface area (Å²) >= 11 is 0. The number of imidazole rings is 1. The Hall–Kier alpha value is -2.33. The molecule has 0 radical (unpaired) electrons. The molecule has 1 aliphatic rings. The highest BCUT2D eigenvalue weighted by Gasteiger charge is 2.14. The largest absolute Gasteiger partial charge is 0.490 e. The molecule has 0 unspecified atom stereocenters. The van der Waals surface area contributed by atoms with Crippen LogP contribution in [-0.4, -0.2) is 28.6 Å². The number of nitrogens with zero attached hydrogens (tertiary/aromatic N) is 2. The molecule has 0 saturated carbocycles. The van der Waals surface area contributed by atoms with Crippen molar-refractivity contribution in [3.63, 3.8) is 0 Å². The van der Waals surface area contributed by atoms with Crippen molar-refractivity contribution in [3.8, 4) is 16.9 Å². The Balaban J connectivity index is 1.53. The summed E-state index contributed by atoms with van der Waals surface area (Å²) in [5.41, 5.74) is 3.32. The fourth-order valence-electron chi connectivity index (χ4n) is 2.92. The van der Waals surface area contributed by atoms with E-state index in [-0.39, 0.29) is 0 Å². The highest BCUT2D eigenvalue weighted by molar-refractivity contribution is 5.67. The molecule has 4 nitrogen and oxygen atoms in total. The van der Waals surface area contributed by atoms with Gasteiger partial charge in [0.25, 0.3) is 0 Å². The number of pyridine rings is 1. The van der Waals surface area contributed by atoms with Crippen molar-refractivity contribution >= 4 is 5.65 Å². The van der Waals surface area contributed by atoms with Crippen LogP contribution < -0.4 is 10.1 Å². The number of nitrogens with one attached hydrogen (secondary N) is 1. The van der Waals surface area contributed by atoms with Crippen LogP contribution in [0.4, 0.5) is 0 Å². The summed E-state index contributed by atoms with van der Waals surface area (Å²) in [4.78, 5) is 4.33. The molecular weight excluding hydrogens is 274 g/mol. The maximum absolute atomic E-state index is 6.05. The Bertz CT molecular complexity index is 757.